The van der Waals surface area contributed by atoms with Crippen LogP contribution in [0.25, 0.3) is 0 Å². The first kappa shape index (κ1) is 15.5. The number of anilines is 2. The summed E-state index contributed by atoms with van der Waals surface area (Å²) in [6.07, 6.45) is 1.90. The summed E-state index contributed by atoms with van der Waals surface area (Å²) in [4.78, 5) is 6.78. The van der Waals surface area contributed by atoms with Gasteiger partial charge in [-0.3, -0.25) is 4.98 Å². The summed E-state index contributed by atoms with van der Waals surface area (Å²) in [5.74, 6) is 0. The Morgan fingerprint density at radius 3 is 2.62 bits per heavy atom. The molecule has 3 heteroatoms. The Kier molecular flexibility index (Phi) is 5.34. The number of aromatic nitrogens is 1. The van der Waals surface area contributed by atoms with Crippen molar-refractivity contribution in [1.29, 1.82) is 0 Å². The van der Waals surface area contributed by atoms with E-state index in [4.69, 9.17) is 0 Å². The second kappa shape index (κ2) is 7.23. The van der Waals surface area contributed by atoms with Gasteiger partial charge in [-0.2, -0.15) is 0 Å². The van der Waals surface area contributed by atoms with Gasteiger partial charge in [-0.25, -0.2) is 0 Å². The molecular formula is C18H25N3. The minimum absolute atomic E-state index is 0.467. The van der Waals surface area contributed by atoms with E-state index in [2.05, 4.69) is 79.3 Å². The van der Waals surface area contributed by atoms with Gasteiger partial charge in [0.05, 0.1) is 5.69 Å². The number of para-hydroxylation sites is 1. The molecule has 0 aliphatic rings. The van der Waals surface area contributed by atoms with Crippen LogP contribution >= 0.6 is 0 Å². The first-order chi connectivity index (χ1) is 10.1. The highest BCUT2D eigenvalue weighted by atomic mass is 15.1. The van der Waals surface area contributed by atoms with E-state index < -0.39 is 0 Å². The molecule has 0 amide bonds. The monoisotopic (exact) mass is 283 g/mol. The second-order valence-corrected chi connectivity index (χ2v) is 5.57. The molecule has 0 saturated carbocycles. The summed E-state index contributed by atoms with van der Waals surface area (Å²) in [7, 11) is 0. The fraction of sp³-hybridized carbons (Fsp3) is 0.389. The predicted molar refractivity (Wildman–Crippen MR) is 90.1 cm³/mol. The van der Waals surface area contributed by atoms with Crippen LogP contribution in [0.2, 0.25) is 0 Å². The largest absolute Gasteiger partial charge is 0.341 e. The number of nitrogens with one attached hydrogen (secondary N) is 1. The number of rotatable bonds is 6. The van der Waals surface area contributed by atoms with E-state index in [1.807, 2.05) is 6.20 Å². The average Bonchev–Trinajstić information content (AvgIpc) is 2.48. The predicted octanol–water partition coefficient (Wildman–Crippen LogP) is 4.05. The van der Waals surface area contributed by atoms with E-state index >= 15 is 0 Å². The number of hydrogen-bond donors (Lipinski definition) is 1. The van der Waals surface area contributed by atoms with Crippen LogP contribution in [0.15, 0.2) is 42.6 Å². The lowest BCUT2D eigenvalue weighted by molar-refractivity contribution is 0.581. The lowest BCUT2D eigenvalue weighted by Crippen LogP contribution is -2.23. The van der Waals surface area contributed by atoms with Gasteiger partial charge in [0.1, 0.15) is 0 Å². The zero-order valence-electron chi connectivity index (χ0n) is 13.4. The maximum atomic E-state index is 4.45. The maximum Gasteiger partial charge on any atom is 0.0562 e. The zero-order chi connectivity index (χ0) is 15.2. The van der Waals surface area contributed by atoms with Crippen LogP contribution in [0.3, 0.4) is 0 Å². The Balaban J connectivity index is 2.26. The van der Waals surface area contributed by atoms with Crippen molar-refractivity contribution in [3.05, 3.63) is 53.9 Å². The van der Waals surface area contributed by atoms with Crippen molar-refractivity contribution < 1.29 is 0 Å². The fourth-order valence-electron chi connectivity index (χ4n) is 2.40. The molecule has 1 heterocycles. The number of benzene rings is 1. The molecule has 3 nitrogen and oxygen atoms in total. The van der Waals surface area contributed by atoms with Crippen LogP contribution in [-0.4, -0.2) is 17.6 Å². The van der Waals surface area contributed by atoms with E-state index in [0.717, 1.165) is 18.8 Å². The highest BCUT2D eigenvalue weighted by Crippen LogP contribution is 2.27. The normalized spacial score (nSPS) is 10.9. The zero-order valence-corrected chi connectivity index (χ0v) is 13.4. The first-order valence-corrected chi connectivity index (χ1v) is 7.63. The van der Waals surface area contributed by atoms with Gasteiger partial charge in [0.25, 0.3) is 0 Å². The Morgan fingerprint density at radius 1 is 1.19 bits per heavy atom. The Labute approximate surface area is 128 Å². The van der Waals surface area contributed by atoms with Crippen molar-refractivity contribution in [2.45, 2.75) is 40.3 Å². The van der Waals surface area contributed by atoms with E-state index in [1.165, 1.54) is 16.9 Å². The van der Waals surface area contributed by atoms with Crippen molar-refractivity contribution >= 4 is 11.4 Å². The highest BCUT2D eigenvalue weighted by Gasteiger charge is 2.10. The van der Waals surface area contributed by atoms with Gasteiger partial charge in [0.2, 0.25) is 0 Å². The van der Waals surface area contributed by atoms with Crippen LogP contribution in [0.4, 0.5) is 11.4 Å². The lowest BCUT2D eigenvalue weighted by Gasteiger charge is -2.25. The van der Waals surface area contributed by atoms with Gasteiger partial charge in [-0.1, -0.05) is 32.0 Å². The molecule has 2 rings (SSSR count). The SMILES string of the molecule is CCN(c1ccnc(CNC(C)C)c1)c1ccccc1C. The quantitative estimate of drug-likeness (QED) is 0.867. The molecule has 0 aliphatic carbocycles. The molecule has 1 aromatic heterocycles. The molecule has 0 unspecified atom stereocenters. The summed E-state index contributed by atoms with van der Waals surface area (Å²) in [6.45, 7) is 10.4. The molecule has 112 valence electrons. The van der Waals surface area contributed by atoms with Crippen LogP contribution in [0.5, 0.6) is 0 Å². The molecule has 0 bridgehead atoms. The third-order valence-electron chi connectivity index (χ3n) is 3.53. The molecule has 0 spiro atoms. The smallest absolute Gasteiger partial charge is 0.0562 e. The van der Waals surface area contributed by atoms with Crippen molar-refractivity contribution in [3.63, 3.8) is 0 Å². The van der Waals surface area contributed by atoms with E-state index in [9.17, 15) is 0 Å². The molecule has 0 radical (unpaired) electrons. The molecule has 0 atom stereocenters. The number of nitrogens with zero attached hydrogens (tertiary/aromatic N) is 2. The highest BCUT2D eigenvalue weighted by molar-refractivity contribution is 5.66. The number of pyridine rings is 1. The molecule has 1 N–H and O–H groups in total. The molecule has 0 aliphatic heterocycles. The third-order valence-corrected chi connectivity index (χ3v) is 3.53. The minimum Gasteiger partial charge on any atom is -0.341 e. The van der Waals surface area contributed by atoms with Crippen molar-refractivity contribution in [3.8, 4) is 0 Å². The summed E-state index contributed by atoms with van der Waals surface area (Å²) >= 11 is 0. The second-order valence-electron chi connectivity index (χ2n) is 5.57. The summed E-state index contributed by atoms with van der Waals surface area (Å²) in [6, 6.07) is 13.2. The van der Waals surface area contributed by atoms with Gasteiger partial charge in [0.15, 0.2) is 0 Å². The van der Waals surface area contributed by atoms with Gasteiger partial charge >= 0.3 is 0 Å². The maximum absolute atomic E-state index is 4.45. The van der Waals surface area contributed by atoms with Gasteiger partial charge in [-0.05, 0) is 37.6 Å². The molecule has 2 aromatic rings. The molecule has 0 saturated heterocycles. The summed E-state index contributed by atoms with van der Waals surface area (Å²) in [5.41, 5.74) is 4.82. The Bertz CT molecular complexity index is 578. The first-order valence-electron chi connectivity index (χ1n) is 7.63. The van der Waals surface area contributed by atoms with Gasteiger partial charge < -0.3 is 10.2 Å². The Hall–Kier alpha value is -1.87. The Morgan fingerprint density at radius 2 is 1.95 bits per heavy atom. The number of aryl methyl sites for hydroxylation is 1. The van der Waals surface area contributed by atoms with Crippen molar-refractivity contribution in [2.24, 2.45) is 0 Å². The standard InChI is InChI=1S/C18H25N3/c1-5-21(18-9-7-6-8-15(18)4)17-10-11-19-16(12-17)13-20-14(2)3/h6-12,14,20H,5,13H2,1-4H3. The van der Waals surface area contributed by atoms with E-state index in [1.54, 1.807) is 0 Å². The fourth-order valence-corrected chi connectivity index (χ4v) is 2.40. The van der Waals surface area contributed by atoms with E-state index in [-0.39, 0.29) is 0 Å². The summed E-state index contributed by atoms with van der Waals surface area (Å²) in [5, 5.41) is 3.42. The molecule has 1 aromatic carbocycles. The van der Waals surface area contributed by atoms with Crippen LogP contribution in [-0.2, 0) is 6.54 Å². The van der Waals surface area contributed by atoms with Gasteiger partial charge in [-0.15, -0.1) is 0 Å². The van der Waals surface area contributed by atoms with Crippen LogP contribution in [0, 0.1) is 6.92 Å². The third kappa shape index (κ3) is 4.05. The van der Waals surface area contributed by atoms with Crippen molar-refractivity contribution in [2.75, 3.05) is 11.4 Å². The van der Waals surface area contributed by atoms with Crippen molar-refractivity contribution in [1.82, 2.24) is 10.3 Å². The van der Waals surface area contributed by atoms with E-state index in [0.29, 0.717) is 6.04 Å². The average molecular weight is 283 g/mol. The lowest BCUT2D eigenvalue weighted by atomic mass is 10.1. The van der Waals surface area contributed by atoms with Crippen LogP contribution < -0.4 is 10.2 Å². The number of hydrogen-bond acceptors (Lipinski definition) is 3. The minimum atomic E-state index is 0.467. The van der Waals surface area contributed by atoms with Crippen LogP contribution in [0.1, 0.15) is 32.0 Å². The molecular weight excluding hydrogens is 258 g/mol. The molecule has 0 fully saturated rings. The summed E-state index contributed by atoms with van der Waals surface area (Å²) < 4.78 is 0. The topological polar surface area (TPSA) is 28.2 Å². The van der Waals surface area contributed by atoms with Gasteiger partial charge in [0, 0.05) is 36.7 Å². The molecule has 21 heavy (non-hydrogen) atoms.